The van der Waals surface area contributed by atoms with Crippen molar-refractivity contribution in [3.8, 4) is 0 Å². The van der Waals surface area contributed by atoms with E-state index in [1.54, 1.807) is 23.1 Å². The molecule has 2 aliphatic rings. The molecule has 0 bridgehead atoms. The number of benzene rings is 1. The Kier molecular flexibility index (Phi) is 3.94. The average molecular weight is 301 g/mol. The molecule has 0 aromatic heterocycles. The van der Waals surface area contributed by atoms with Crippen molar-refractivity contribution < 1.29 is 0 Å². The molecular weight excluding hydrogens is 274 g/mol. The van der Waals surface area contributed by atoms with Gasteiger partial charge in [0.25, 0.3) is 0 Å². The zero-order chi connectivity index (χ0) is 15.3. The lowest BCUT2D eigenvalue weighted by molar-refractivity contribution is 0.431. The van der Waals surface area contributed by atoms with Crippen molar-refractivity contribution in [2.24, 2.45) is 10.3 Å². The molecule has 0 fully saturated rings. The third kappa shape index (κ3) is 2.10. The summed E-state index contributed by atoms with van der Waals surface area (Å²) in [5, 5.41) is 3.23. The van der Waals surface area contributed by atoms with Crippen molar-refractivity contribution in [1.29, 1.82) is 0 Å². The normalized spacial score (nSPS) is 30.4. The van der Waals surface area contributed by atoms with E-state index in [2.05, 4.69) is 47.6 Å². The van der Waals surface area contributed by atoms with Crippen LogP contribution < -0.4 is 10.6 Å². The number of nitrogens with zero attached hydrogens (tertiary/aromatic N) is 1. The molecule has 0 amide bonds. The lowest BCUT2D eigenvalue weighted by Gasteiger charge is -2.19. The monoisotopic (exact) mass is 301 g/mol. The van der Waals surface area contributed by atoms with Crippen molar-refractivity contribution in [2.75, 3.05) is 0 Å². The van der Waals surface area contributed by atoms with Gasteiger partial charge in [-0.1, -0.05) is 33.8 Å². The van der Waals surface area contributed by atoms with Crippen LogP contribution in [0.1, 0.15) is 74.6 Å². The fourth-order valence-corrected chi connectivity index (χ4v) is 5.24. The summed E-state index contributed by atoms with van der Waals surface area (Å²) >= 11 is 1.75. The Labute approximate surface area is 133 Å². The largest absolute Gasteiger partial charge is 0.215 e. The molecule has 0 saturated carbocycles. The van der Waals surface area contributed by atoms with E-state index in [9.17, 15) is 0 Å². The van der Waals surface area contributed by atoms with Crippen molar-refractivity contribution in [2.45, 2.75) is 71.5 Å². The fraction of sp³-hybridized carbons (Fsp3) is 0.632. The van der Waals surface area contributed by atoms with E-state index in [1.165, 1.54) is 28.1 Å². The second-order valence-corrected chi connectivity index (χ2v) is 7.81. The summed E-state index contributed by atoms with van der Waals surface area (Å²) in [7, 11) is 0. The van der Waals surface area contributed by atoms with Crippen LogP contribution in [-0.4, -0.2) is 5.25 Å². The minimum Gasteiger partial charge on any atom is -0.215 e. The van der Waals surface area contributed by atoms with E-state index in [0.29, 0.717) is 11.2 Å². The van der Waals surface area contributed by atoms with E-state index in [0.717, 1.165) is 18.3 Å². The maximum absolute atomic E-state index is 4.88. The molecule has 21 heavy (non-hydrogen) atoms. The number of rotatable bonds is 2. The molecule has 2 heteroatoms. The molecule has 1 aliphatic carbocycles. The summed E-state index contributed by atoms with van der Waals surface area (Å²) in [6.07, 6.45) is 4.88. The Hall–Kier alpha value is -0.760. The fourth-order valence-electron chi connectivity index (χ4n) is 4.42. The van der Waals surface area contributed by atoms with Gasteiger partial charge in [-0.2, -0.15) is 0 Å². The van der Waals surface area contributed by atoms with Crippen molar-refractivity contribution in [1.82, 2.24) is 0 Å². The van der Waals surface area contributed by atoms with E-state index in [4.69, 9.17) is 4.40 Å². The molecule has 0 saturated heterocycles. The van der Waals surface area contributed by atoms with E-state index in [1.807, 2.05) is 0 Å². The van der Waals surface area contributed by atoms with Gasteiger partial charge in [0.05, 0.1) is 5.36 Å². The van der Waals surface area contributed by atoms with Crippen molar-refractivity contribution in [3.63, 3.8) is 0 Å². The van der Waals surface area contributed by atoms with E-state index < -0.39 is 0 Å². The summed E-state index contributed by atoms with van der Waals surface area (Å²) in [5.74, 6) is 2.14. The summed E-state index contributed by atoms with van der Waals surface area (Å²) in [5.41, 5.74) is 6.22. The van der Waals surface area contributed by atoms with E-state index in [-0.39, 0.29) is 0 Å². The highest BCUT2D eigenvalue weighted by molar-refractivity contribution is 7.98. The molecule has 1 aromatic rings. The Balaban J connectivity index is 2.36. The lowest BCUT2D eigenvalue weighted by atomic mass is 9.87. The molecule has 4 atom stereocenters. The molecule has 1 heterocycles. The lowest BCUT2D eigenvalue weighted by Crippen LogP contribution is -2.36. The molecule has 0 spiro atoms. The quantitative estimate of drug-likeness (QED) is 0.738. The van der Waals surface area contributed by atoms with Gasteiger partial charge in [-0.3, -0.25) is 0 Å². The Morgan fingerprint density at radius 2 is 1.76 bits per heavy atom. The summed E-state index contributed by atoms with van der Waals surface area (Å²) < 4.78 is 4.88. The Morgan fingerprint density at radius 1 is 1.05 bits per heavy atom. The average Bonchev–Trinajstić information content (AvgIpc) is 2.76. The van der Waals surface area contributed by atoms with Crippen LogP contribution in [0, 0.1) is 19.8 Å². The molecule has 114 valence electrons. The highest BCUT2D eigenvalue weighted by Crippen LogP contribution is 2.49. The second kappa shape index (κ2) is 5.46. The zero-order valence-electron chi connectivity index (χ0n) is 14.2. The SMILES string of the molecule is CCC1C=c2c(C)c3c(c(C)c2=NS1)C(C)C(C)C3CC. The Morgan fingerprint density at radius 3 is 2.38 bits per heavy atom. The first kappa shape index (κ1) is 15.1. The number of hydrogen-bond acceptors (Lipinski definition) is 2. The van der Waals surface area contributed by atoms with Crippen LogP contribution in [0.15, 0.2) is 4.40 Å². The van der Waals surface area contributed by atoms with Gasteiger partial charge >= 0.3 is 0 Å². The molecule has 1 aromatic carbocycles. The van der Waals surface area contributed by atoms with Gasteiger partial charge in [0.2, 0.25) is 0 Å². The summed E-state index contributed by atoms with van der Waals surface area (Å²) in [6.45, 7) is 14.1. The molecule has 1 aliphatic heterocycles. The van der Waals surface area contributed by atoms with Gasteiger partial charge < -0.3 is 0 Å². The van der Waals surface area contributed by atoms with Gasteiger partial charge in [0.1, 0.15) is 0 Å². The summed E-state index contributed by atoms with van der Waals surface area (Å²) in [4.78, 5) is 0. The van der Waals surface area contributed by atoms with Gasteiger partial charge in [0, 0.05) is 10.5 Å². The maximum atomic E-state index is 4.88. The maximum Gasteiger partial charge on any atom is 0.0817 e. The van der Waals surface area contributed by atoms with Crippen molar-refractivity contribution >= 4 is 18.0 Å². The van der Waals surface area contributed by atoms with Crippen LogP contribution in [0.5, 0.6) is 0 Å². The molecule has 0 N–H and O–H groups in total. The number of fused-ring (bicyclic) bond motifs is 2. The van der Waals surface area contributed by atoms with Crippen molar-refractivity contribution in [3.05, 3.63) is 32.8 Å². The predicted molar refractivity (Wildman–Crippen MR) is 93.4 cm³/mol. The van der Waals surface area contributed by atoms with Gasteiger partial charge in [-0.25, -0.2) is 4.40 Å². The van der Waals surface area contributed by atoms with Crippen LogP contribution in [0.25, 0.3) is 6.08 Å². The first-order valence-electron chi connectivity index (χ1n) is 8.39. The first-order chi connectivity index (χ1) is 10.0. The Bertz CT molecular complexity index is 689. The van der Waals surface area contributed by atoms with Crippen LogP contribution in [0.4, 0.5) is 0 Å². The van der Waals surface area contributed by atoms with Crippen LogP contribution >= 0.6 is 11.9 Å². The van der Waals surface area contributed by atoms with Gasteiger partial charge in [0.15, 0.2) is 0 Å². The highest BCUT2D eigenvalue weighted by Gasteiger charge is 2.37. The van der Waals surface area contributed by atoms with Gasteiger partial charge in [-0.05, 0) is 78.6 Å². The smallest absolute Gasteiger partial charge is 0.0817 e. The minimum absolute atomic E-state index is 0.546. The molecule has 4 unspecified atom stereocenters. The molecular formula is C19H27NS. The third-order valence-corrected chi connectivity index (χ3v) is 6.86. The van der Waals surface area contributed by atoms with Crippen LogP contribution in [-0.2, 0) is 0 Å². The van der Waals surface area contributed by atoms with E-state index >= 15 is 0 Å². The summed E-state index contributed by atoms with van der Waals surface area (Å²) in [6, 6.07) is 0. The first-order valence-corrected chi connectivity index (χ1v) is 9.23. The topological polar surface area (TPSA) is 12.4 Å². The number of hydrogen-bond donors (Lipinski definition) is 0. The molecule has 3 rings (SSSR count). The van der Waals surface area contributed by atoms with Gasteiger partial charge in [-0.15, -0.1) is 0 Å². The van der Waals surface area contributed by atoms with Crippen LogP contribution in [0.2, 0.25) is 0 Å². The standard InChI is InChI=1S/C19H27NS/c1-7-14-9-16-12(5)18-15(8-2)10(3)11(4)17(18)13(6)19(16)20-21-14/h9-11,14-15H,7-8H2,1-6H3. The highest BCUT2D eigenvalue weighted by atomic mass is 32.2. The second-order valence-electron chi connectivity index (χ2n) is 6.81. The minimum atomic E-state index is 0.546. The predicted octanol–water partition coefficient (Wildman–Crippen LogP) is 4.39. The third-order valence-electron chi connectivity index (χ3n) is 5.84. The van der Waals surface area contributed by atoms with Crippen LogP contribution in [0.3, 0.4) is 0 Å². The molecule has 0 radical (unpaired) electrons. The molecule has 1 nitrogen and oxygen atoms in total. The zero-order valence-corrected chi connectivity index (χ0v) is 15.0.